The summed E-state index contributed by atoms with van der Waals surface area (Å²) in [6.07, 6.45) is 8.80. The number of aromatic nitrogens is 1. The van der Waals surface area contributed by atoms with E-state index in [1.165, 1.54) is 32.1 Å². The number of carbonyl (C=O) groups excluding carboxylic acids is 2. The average molecular weight is 316 g/mol. The number of nitrogens with one attached hydrogen (secondary N) is 1. The smallest absolute Gasteiger partial charge is 0.272 e. The second kappa shape index (κ2) is 7.44. The summed E-state index contributed by atoms with van der Waals surface area (Å²) in [6.45, 7) is 2.32. The molecule has 0 aromatic carbocycles. The second-order valence-corrected chi connectivity index (χ2v) is 6.34. The van der Waals surface area contributed by atoms with E-state index in [0.29, 0.717) is 37.9 Å². The normalized spacial score (nSPS) is 19.5. The van der Waals surface area contributed by atoms with E-state index in [2.05, 4.69) is 10.3 Å². The molecule has 1 saturated carbocycles. The molecule has 2 fully saturated rings. The van der Waals surface area contributed by atoms with Crippen LogP contribution < -0.4 is 5.32 Å². The molecule has 0 atom stereocenters. The van der Waals surface area contributed by atoms with Gasteiger partial charge in [0.2, 0.25) is 6.41 Å². The zero-order chi connectivity index (χ0) is 16.1. The minimum atomic E-state index is -0.0529. The van der Waals surface area contributed by atoms with E-state index in [-0.39, 0.29) is 5.91 Å². The maximum Gasteiger partial charge on any atom is 0.272 e. The van der Waals surface area contributed by atoms with Crippen LogP contribution >= 0.6 is 0 Å². The highest BCUT2D eigenvalue weighted by Crippen LogP contribution is 2.22. The molecule has 124 valence electrons. The largest absolute Gasteiger partial charge is 0.382 e. The van der Waals surface area contributed by atoms with Crippen LogP contribution in [0.1, 0.15) is 42.6 Å². The topological polar surface area (TPSA) is 65.5 Å². The van der Waals surface area contributed by atoms with Crippen molar-refractivity contribution in [1.29, 1.82) is 0 Å². The van der Waals surface area contributed by atoms with Crippen LogP contribution in [0, 0.1) is 0 Å². The van der Waals surface area contributed by atoms with Gasteiger partial charge in [0.1, 0.15) is 5.69 Å². The minimum Gasteiger partial charge on any atom is -0.382 e. The summed E-state index contributed by atoms with van der Waals surface area (Å²) >= 11 is 0. The fourth-order valence-electron chi connectivity index (χ4n) is 3.31. The van der Waals surface area contributed by atoms with Crippen molar-refractivity contribution in [3.05, 3.63) is 24.0 Å². The summed E-state index contributed by atoms with van der Waals surface area (Å²) in [5.74, 6) is -0.0529. The number of amides is 2. The molecule has 1 aliphatic carbocycles. The Balaban J connectivity index is 1.62. The second-order valence-electron chi connectivity index (χ2n) is 6.34. The quantitative estimate of drug-likeness (QED) is 0.859. The molecular weight excluding hydrogens is 292 g/mol. The van der Waals surface area contributed by atoms with Crippen molar-refractivity contribution in [2.45, 2.75) is 38.1 Å². The third kappa shape index (κ3) is 4.00. The zero-order valence-electron chi connectivity index (χ0n) is 13.4. The van der Waals surface area contributed by atoms with Crippen LogP contribution in [0.5, 0.6) is 0 Å². The molecule has 0 radical (unpaired) electrons. The standard InChI is InChI=1S/C17H24N4O2/c22-13-20-8-10-21(11-9-20)17(23)16-12-15(6-7-18-16)19-14-4-2-1-3-5-14/h6-7,12-14H,1-5,8-11H2,(H,18,19). The van der Waals surface area contributed by atoms with Crippen LogP contribution in [-0.4, -0.2) is 59.3 Å². The third-order valence-electron chi connectivity index (χ3n) is 4.71. The monoisotopic (exact) mass is 316 g/mol. The molecule has 0 unspecified atom stereocenters. The Bertz CT molecular complexity index is 549. The first-order valence-corrected chi connectivity index (χ1v) is 8.47. The number of hydrogen-bond acceptors (Lipinski definition) is 4. The lowest BCUT2D eigenvalue weighted by Gasteiger charge is -2.32. The van der Waals surface area contributed by atoms with E-state index >= 15 is 0 Å². The Morgan fingerprint density at radius 2 is 1.91 bits per heavy atom. The molecule has 2 amide bonds. The van der Waals surface area contributed by atoms with Crippen molar-refractivity contribution in [3.63, 3.8) is 0 Å². The Morgan fingerprint density at radius 3 is 2.61 bits per heavy atom. The number of nitrogens with zero attached hydrogens (tertiary/aromatic N) is 3. The Morgan fingerprint density at radius 1 is 1.17 bits per heavy atom. The van der Waals surface area contributed by atoms with Gasteiger partial charge in [-0.05, 0) is 25.0 Å². The number of hydrogen-bond donors (Lipinski definition) is 1. The highest BCUT2D eigenvalue weighted by atomic mass is 16.2. The van der Waals surface area contributed by atoms with Gasteiger partial charge >= 0.3 is 0 Å². The summed E-state index contributed by atoms with van der Waals surface area (Å²) < 4.78 is 0. The zero-order valence-corrected chi connectivity index (χ0v) is 13.4. The van der Waals surface area contributed by atoms with Gasteiger partial charge in [-0.25, -0.2) is 0 Å². The predicted molar refractivity (Wildman–Crippen MR) is 88.3 cm³/mol. The van der Waals surface area contributed by atoms with Gasteiger partial charge in [0.05, 0.1) is 0 Å². The number of piperazine rings is 1. The van der Waals surface area contributed by atoms with Crippen LogP contribution in [0.3, 0.4) is 0 Å². The van der Waals surface area contributed by atoms with Gasteiger partial charge < -0.3 is 15.1 Å². The van der Waals surface area contributed by atoms with Gasteiger partial charge in [0.15, 0.2) is 0 Å². The van der Waals surface area contributed by atoms with Crippen molar-refractivity contribution in [3.8, 4) is 0 Å². The van der Waals surface area contributed by atoms with E-state index in [4.69, 9.17) is 0 Å². The number of rotatable bonds is 4. The molecule has 1 aromatic rings. The van der Waals surface area contributed by atoms with Crippen LogP contribution in [0.4, 0.5) is 5.69 Å². The average Bonchev–Trinajstić information content (AvgIpc) is 2.62. The maximum absolute atomic E-state index is 12.6. The highest BCUT2D eigenvalue weighted by molar-refractivity contribution is 5.93. The Labute approximate surface area is 136 Å². The van der Waals surface area contributed by atoms with Gasteiger partial charge in [0, 0.05) is 44.1 Å². The van der Waals surface area contributed by atoms with Gasteiger partial charge in [-0.15, -0.1) is 0 Å². The lowest BCUT2D eigenvalue weighted by Crippen LogP contribution is -2.48. The summed E-state index contributed by atoms with van der Waals surface area (Å²) in [5, 5.41) is 3.53. The molecule has 0 spiro atoms. The van der Waals surface area contributed by atoms with Crippen molar-refractivity contribution in [2.75, 3.05) is 31.5 Å². The predicted octanol–water partition coefficient (Wildman–Crippen LogP) is 1.74. The lowest BCUT2D eigenvalue weighted by atomic mass is 9.95. The van der Waals surface area contributed by atoms with Gasteiger partial charge in [0.25, 0.3) is 5.91 Å². The van der Waals surface area contributed by atoms with E-state index in [9.17, 15) is 9.59 Å². The maximum atomic E-state index is 12.6. The van der Waals surface area contributed by atoms with Crippen molar-refractivity contribution >= 4 is 18.0 Å². The van der Waals surface area contributed by atoms with E-state index in [0.717, 1.165) is 12.1 Å². The highest BCUT2D eigenvalue weighted by Gasteiger charge is 2.22. The van der Waals surface area contributed by atoms with Gasteiger partial charge in [-0.1, -0.05) is 19.3 Å². The van der Waals surface area contributed by atoms with Crippen LogP contribution in [0.2, 0.25) is 0 Å². The molecule has 2 aliphatic rings. The molecule has 2 heterocycles. The van der Waals surface area contributed by atoms with Crippen molar-refractivity contribution in [2.24, 2.45) is 0 Å². The summed E-state index contributed by atoms with van der Waals surface area (Å²) in [7, 11) is 0. The van der Waals surface area contributed by atoms with Crippen molar-refractivity contribution in [1.82, 2.24) is 14.8 Å². The molecule has 1 saturated heterocycles. The van der Waals surface area contributed by atoms with Crippen molar-refractivity contribution < 1.29 is 9.59 Å². The molecule has 23 heavy (non-hydrogen) atoms. The molecule has 6 heteroatoms. The summed E-state index contributed by atoms with van der Waals surface area (Å²) in [5.41, 5.74) is 1.45. The fourth-order valence-corrected chi connectivity index (χ4v) is 3.31. The van der Waals surface area contributed by atoms with E-state index in [1.807, 2.05) is 12.1 Å². The molecule has 1 aliphatic heterocycles. The Kier molecular flexibility index (Phi) is 5.10. The first-order chi connectivity index (χ1) is 11.3. The Hall–Kier alpha value is -2.11. The van der Waals surface area contributed by atoms with E-state index < -0.39 is 0 Å². The molecule has 1 N–H and O–H groups in total. The summed E-state index contributed by atoms with van der Waals surface area (Å²) in [6, 6.07) is 4.28. The van der Waals surface area contributed by atoms with Crippen LogP contribution in [-0.2, 0) is 4.79 Å². The number of pyridine rings is 1. The van der Waals surface area contributed by atoms with Crippen LogP contribution in [0.15, 0.2) is 18.3 Å². The van der Waals surface area contributed by atoms with Crippen LogP contribution in [0.25, 0.3) is 0 Å². The minimum absolute atomic E-state index is 0.0529. The lowest BCUT2D eigenvalue weighted by molar-refractivity contribution is -0.119. The van der Waals surface area contributed by atoms with Gasteiger partial charge in [-0.3, -0.25) is 14.6 Å². The first-order valence-electron chi connectivity index (χ1n) is 8.47. The van der Waals surface area contributed by atoms with Gasteiger partial charge in [-0.2, -0.15) is 0 Å². The molecule has 3 rings (SSSR count). The first kappa shape index (κ1) is 15.8. The SMILES string of the molecule is O=CN1CCN(C(=O)c2cc(NC3CCCCC3)ccn2)CC1. The molecular formula is C17H24N4O2. The third-order valence-corrected chi connectivity index (χ3v) is 4.71. The molecule has 6 nitrogen and oxygen atoms in total. The molecule has 0 bridgehead atoms. The fraction of sp³-hybridized carbons (Fsp3) is 0.588. The molecule has 1 aromatic heterocycles. The number of anilines is 1. The van der Waals surface area contributed by atoms with E-state index in [1.54, 1.807) is 16.0 Å². The summed E-state index contributed by atoms with van der Waals surface area (Å²) in [4.78, 5) is 31.0. The number of carbonyl (C=O) groups is 2.